The van der Waals surface area contributed by atoms with Crippen LogP contribution in [0.2, 0.25) is 0 Å². The smallest absolute Gasteiger partial charge is 0.335 e. The van der Waals surface area contributed by atoms with Crippen LogP contribution in [0.5, 0.6) is 0 Å². The third-order valence-electron chi connectivity index (χ3n) is 3.85. The highest BCUT2D eigenvalue weighted by Crippen LogP contribution is 2.33. The van der Waals surface area contributed by atoms with Crippen LogP contribution in [-0.2, 0) is 14.3 Å². The Morgan fingerprint density at radius 2 is 2.03 bits per heavy atom. The number of carboxylic acids is 1. The molecular formula is C19H14FNO7S. The fourth-order valence-corrected chi connectivity index (χ4v) is 3.34. The molecule has 1 fully saturated rings. The Balaban J connectivity index is 1.83. The highest BCUT2D eigenvalue weighted by atomic mass is 32.2. The number of ether oxygens (including phenoxy) is 1. The highest BCUT2D eigenvalue weighted by molar-refractivity contribution is 8.18. The van der Waals surface area contributed by atoms with Crippen molar-refractivity contribution in [3.05, 3.63) is 52.4 Å². The van der Waals surface area contributed by atoms with Crippen molar-refractivity contribution in [3.8, 4) is 11.3 Å². The molecule has 0 saturated carbocycles. The van der Waals surface area contributed by atoms with Crippen molar-refractivity contribution in [2.75, 3.05) is 13.2 Å². The van der Waals surface area contributed by atoms with Crippen molar-refractivity contribution >= 4 is 40.9 Å². The Morgan fingerprint density at radius 1 is 1.28 bits per heavy atom. The van der Waals surface area contributed by atoms with Crippen LogP contribution in [0, 0.1) is 5.82 Å². The minimum Gasteiger partial charge on any atom is -0.478 e. The molecule has 0 bridgehead atoms. The maximum Gasteiger partial charge on any atom is 0.335 e. The lowest BCUT2D eigenvalue weighted by atomic mass is 10.1. The Kier molecular flexibility index (Phi) is 5.83. The van der Waals surface area contributed by atoms with Gasteiger partial charge >= 0.3 is 11.9 Å². The van der Waals surface area contributed by atoms with E-state index in [9.17, 15) is 23.6 Å². The number of benzene rings is 1. The van der Waals surface area contributed by atoms with Gasteiger partial charge in [0.25, 0.3) is 11.1 Å². The van der Waals surface area contributed by atoms with Crippen LogP contribution in [-0.4, -0.2) is 46.2 Å². The number of carbonyl (C=O) groups is 4. The van der Waals surface area contributed by atoms with E-state index < -0.39 is 35.4 Å². The fraction of sp³-hybridized carbons (Fsp3) is 0.158. The third-order valence-corrected chi connectivity index (χ3v) is 4.75. The van der Waals surface area contributed by atoms with Gasteiger partial charge in [0.05, 0.1) is 22.6 Å². The average molecular weight is 419 g/mol. The number of hydrogen-bond acceptors (Lipinski definition) is 7. The van der Waals surface area contributed by atoms with Gasteiger partial charge in [0.2, 0.25) is 0 Å². The van der Waals surface area contributed by atoms with Gasteiger partial charge in [0, 0.05) is 6.08 Å². The van der Waals surface area contributed by atoms with E-state index in [0.717, 1.165) is 23.1 Å². The SMILES string of the molecule is CCOC(=O)CN1C(=O)S/C(=C\c2ccc(-c3cc(C(=O)O)ccc3F)o2)C1=O. The molecule has 1 aliphatic heterocycles. The lowest BCUT2D eigenvalue weighted by molar-refractivity contribution is -0.145. The zero-order chi connectivity index (χ0) is 21.1. The number of hydrogen-bond donors (Lipinski definition) is 1. The molecule has 8 nitrogen and oxygen atoms in total. The highest BCUT2D eigenvalue weighted by Gasteiger charge is 2.36. The lowest BCUT2D eigenvalue weighted by Gasteiger charge is -2.10. The van der Waals surface area contributed by atoms with Crippen LogP contribution < -0.4 is 0 Å². The van der Waals surface area contributed by atoms with Gasteiger partial charge < -0.3 is 14.3 Å². The number of esters is 1. The molecule has 1 aromatic heterocycles. The van der Waals surface area contributed by atoms with Crippen LogP contribution in [0.15, 0.2) is 39.7 Å². The molecule has 2 amide bonds. The van der Waals surface area contributed by atoms with Gasteiger partial charge in [0.15, 0.2) is 0 Å². The summed E-state index contributed by atoms with van der Waals surface area (Å²) in [5.41, 5.74) is -0.167. The van der Waals surface area contributed by atoms with E-state index in [1.165, 1.54) is 18.2 Å². The molecule has 0 spiro atoms. The molecule has 0 atom stereocenters. The first-order chi connectivity index (χ1) is 13.8. The number of carbonyl (C=O) groups excluding carboxylic acids is 3. The quantitative estimate of drug-likeness (QED) is 0.560. The van der Waals surface area contributed by atoms with E-state index in [4.69, 9.17) is 14.3 Å². The van der Waals surface area contributed by atoms with Crippen molar-refractivity contribution < 1.29 is 37.8 Å². The van der Waals surface area contributed by atoms with E-state index in [-0.39, 0.29) is 34.2 Å². The Morgan fingerprint density at radius 3 is 2.72 bits per heavy atom. The predicted molar refractivity (Wildman–Crippen MR) is 100 cm³/mol. The average Bonchev–Trinajstić information content (AvgIpc) is 3.22. The van der Waals surface area contributed by atoms with Crippen LogP contribution in [0.1, 0.15) is 23.0 Å². The van der Waals surface area contributed by atoms with E-state index in [0.29, 0.717) is 11.8 Å². The number of nitrogens with zero attached hydrogens (tertiary/aromatic N) is 1. The van der Waals surface area contributed by atoms with Crippen LogP contribution >= 0.6 is 11.8 Å². The van der Waals surface area contributed by atoms with Gasteiger partial charge in [0.1, 0.15) is 23.9 Å². The van der Waals surface area contributed by atoms with Gasteiger partial charge in [-0.05, 0) is 49.0 Å². The number of halogens is 1. The number of aromatic carboxylic acids is 1. The minimum atomic E-state index is -1.21. The second kappa shape index (κ2) is 8.31. The standard InChI is InChI=1S/C19H14FNO7S/c1-2-27-16(22)9-21-17(23)15(29-19(21)26)8-11-4-6-14(28-11)12-7-10(18(24)25)3-5-13(12)20/h3-8H,2,9H2,1H3,(H,24,25)/b15-8-. The van der Waals surface area contributed by atoms with E-state index in [2.05, 4.69) is 0 Å². The summed E-state index contributed by atoms with van der Waals surface area (Å²) in [5, 5.41) is 8.42. The van der Waals surface area contributed by atoms with Crippen molar-refractivity contribution in [2.45, 2.75) is 6.92 Å². The zero-order valence-electron chi connectivity index (χ0n) is 15.0. The summed E-state index contributed by atoms with van der Waals surface area (Å²) in [6, 6.07) is 6.14. The van der Waals surface area contributed by atoms with E-state index in [1.807, 2.05) is 0 Å². The van der Waals surface area contributed by atoms with Crippen LogP contribution in [0.25, 0.3) is 17.4 Å². The van der Waals surface area contributed by atoms with Crippen molar-refractivity contribution in [2.24, 2.45) is 0 Å². The number of thioether (sulfide) groups is 1. The largest absolute Gasteiger partial charge is 0.478 e. The molecule has 150 valence electrons. The second-order valence-corrected chi connectivity index (χ2v) is 6.77. The first kappa shape index (κ1) is 20.3. The third kappa shape index (κ3) is 4.37. The molecule has 1 aliphatic rings. The normalized spacial score (nSPS) is 15.2. The maximum absolute atomic E-state index is 14.1. The minimum absolute atomic E-state index is 0.0277. The molecular weight excluding hydrogens is 405 g/mol. The summed E-state index contributed by atoms with van der Waals surface area (Å²) in [7, 11) is 0. The van der Waals surface area contributed by atoms with Gasteiger partial charge in [-0.2, -0.15) is 0 Å². The molecule has 0 radical (unpaired) electrons. The Bertz CT molecular complexity index is 1040. The summed E-state index contributed by atoms with van der Waals surface area (Å²) >= 11 is 0.630. The number of carboxylic acid groups (broad SMARTS) is 1. The molecule has 2 aromatic rings. The molecule has 0 unspecified atom stereocenters. The van der Waals surface area contributed by atoms with Crippen molar-refractivity contribution in [3.63, 3.8) is 0 Å². The van der Waals surface area contributed by atoms with Crippen LogP contribution in [0.4, 0.5) is 9.18 Å². The zero-order valence-corrected chi connectivity index (χ0v) is 15.8. The molecule has 1 aromatic carbocycles. The van der Waals surface area contributed by atoms with E-state index >= 15 is 0 Å². The molecule has 2 heterocycles. The second-order valence-electron chi connectivity index (χ2n) is 5.77. The predicted octanol–water partition coefficient (Wildman–Crippen LogP) is 3.38. The summed E-state index contributed by atoms with van der Waals surface area (Å²) < 4.78 is 24.3. The van der Waals surface area contributed by atoms with Gasteiger partial charge in [-0.3, -0.25) is 19.3 Å². The maximum atomic E-state index is 14.1. The number of furan rings is 1. The number of imide groups is 1. The summed E-state index contributed by atoms with van der Waals surface area (Å²) in [5.74, 6) is -3.06. The lowest BCUT2D eigenvalue weighted by Crippen LogP contribution is -2.34. The van der Waals surface area contributed by atoms with Crippen molar-refractivity contribution in [1.29, 1.82) is 0 Å². The molecule has 0 aliphatic carbocycles. The molecule has 1 saturated heterocycles. The first-order valence-electron chi connectivity index (χ1n) is 8.34. The monoisotopic (exact) mass is 419 g/mol. The summed E-state index contributed by atoms with van der Waals surface area (Å²) in [6.07, 6.45) is 1.29. The van der Waals surface area contributed by atoms with Gasteiger partial charge in [-0.15, -0.1) is 0 Å². The van der Waals surface area contributed by atoms with Gasteiger partial charge in [-0.1, -0.05) is 0 Å². The molecule has 3 rings (SSSR count). The van der Waals surface area contributed by atoms with E-state index in [1.54, 1.807) is 6.92 Å². The van der Waals surface area contributed by atoms with Gasteiger partial charge in [-0.25, -0.2) is 9.18 Å². The van der Waals surface area contributed by atoms with Crippen molar-refractivity contribution in [1.82, 2.24) is 4.90 Å². The number of amides is 2. The molecule has 1 N–H and O–H groups in total. The Hall–Kier alpha value is -3.40. The fourth-order valence-electron chi connectivity index (χ4n) is 2.52. The summed E-state index contributed by atoms with van der Waals surface area (Å²) in [6.45, 7) is 1.24. The first-order valence-corrected chi connectivity index (χ1v) is 9.16. The van der Waals surface area contributed by atoms with Crippen LogP contribution in [0.3, 0.4) is 0 Å². The number of rotatable bonds is 6. The topological polar surface area (TPSA) is 114 Å². The molecule has 10 heteroatoms. The molecule has 29 heavy (non-hydrogen) atoms. The Labute approximate surface area is 167 Å². The summed E-state index contributed by atoms with van der Waals surface area (Å²) in [4.78, 5) is 47.7.